The molecule has 2 amide bonds. The Balaban J connectivity index is 1.50. The largest absolute Gasteiger partial charge is 0.483 e. The normalized spacial score (nSPS) is 10.5. The number of carbonyl (C=O) groups excluding carboxylic acids is 2. The molecule has 136 valence electrons. The van der Waals surface area contributed by atoms with Crippen LogP contribution in [0, 0.1) is 0 Å². The molecule has 1 aromatic heterocycles. The van der Waals surface area contributed by atoms with Gasteiger partial charge in [0.15, 0.2) is 6.61 Å². The summed E-state index contributed by atoms with van der Waals surface area (Å²) < 4.78 is 5.62. The molecule has 1 heterocycles. The van der Waals surface area contributed by atoms with Gasteiger partial charge in [-0.25, -0.2) is 0 Å². The molecule has 0 saturated carbocycles. The van der Waals surface area contributed by atoms with Gasteiger partial charge in [-0.15, -0.1) is 0 Å². The number of hydrogen-bond donors (Lipinski definition) is 2. The number of ether oxygens (including phenoxy) is 1. The van der Waals surface area contributed by atoms with Gasteiger partial charge < -0.3 is 4.74 Å². The highest BCUT2D eigenvalue weighted by atomic mass is 32.1. The van der Waals surface area contributed by atoms with E-state index in [-0.39, 0.29) is 6.61 Å². The van der Waals surface area contributed by atoms with Crippen LogP contribution < -0.4 is 15.6 Å². The second kappa shape index (κ2) is 9.35. The maximum Gasteiger partial charge on any atom is 0.276 e. The van der Waals surface area contributed by atoms with Crippen molar-refractivity contribution in [1.29, 1.82) is 0 Å². The van der Waals surface area contributed by atoms with Crippen LogP contribution in [-0.4, -0.2) is 18.4 Å². The smallest absolute Gasteiger partial charge is 0.276 e. The van der Waals surface area contributed by atoms with Crippen molar-refractivity contribution in [2.45, 2.75) is 0 Å². The second-order valence-corrected chi connectivity index (χ2v) is 6.36. The number of benzene rings is 2. The summed E-state index contributed by atoms with van der Waals surface area (Å²) in [7, 11) is 0. The number of nitrogens with one attached hydrogen (secondary N) is 2. The third-order valence-electron chi connectivity index (χ3n) is 3.63. The monoisotopic (exact) mass is 378 g/mol. The minimum atomic E-state index is -0.449. The van der Waals surface area contributed by atoms with Crippen molar-refractivity contribution in [1.82, 2.24) is 10.9 Å². The van der Waals surface area contributed by atoms with Crippen LogP contribution in [0.2, 0.25) is 0 Å². The van der Waals surface area contributed by atoms with Crippen LogP contribution in [0.25, 0.3) is 17.2 Å². The van der Waals surface area contributed by atoms with Gasteiger partial charge in [0.25, 0.3) is 11.8 Å². The molecule has 0 unspecified atom stereocenters. The zero-order valence-corrected chi connectivity index (χ0v) is 15.2. The molecule has 27 heavy (non-hydrogen) atoms. The summed E-state index contributed by atoms with van der Waals surface area (Å²) in [6.45, 7) is -0.210. The first-order chi connectivity index (χ1) is 13.2. The molecule has 3 aromatic rings. The molecule has 0 fully saturated rings. The number of hydrogen-bond acceptors (Lipinski definition) is 4. The fraction of sp³-hybridized carbons (Fsp3) is 0.0476. The molecular weight excluding hydrogens is 360 g/mol. The van der Waals surface area contributed by atoms with Crippen molar-refractivity contribution in [3.63, 3.8) is 0 Å². The van der Waals surface area contributed by atoms with Gasteiger partial charge in [-0.2, -0.15) is 11.3 Å². The number of thiophene rings is 1. The third-order valence-corrected chi connectivity index (χ3v) is 4.33. The molecule has 0 aliphatic rings. The zero-order valence-electron chi connectivity index (χ0n) is 14.4. The van der Waals surface area contributed by atoms with E-state index in [2.05, 4.69) is 10.9 Å². The molecule has 0 saturated heterocycles. The Morgan fingerprint density at radius 1 is 0.963 bits per heavy atom. The maximum absolute atomic E-state index is 11.9. The van der Waals surface area contributed by atoms with Crippen LogP contribution in [0.4, 0.5) is 0 Å². The van der Waals surface area contributed by atoms with Gasteiger partial charge in [0.1, 0.15) is 5.75 Å². The lowest BCUT2D eigenvalue weighted by atomic mass is 10.1. The Kier molecular flexibility index (Phi) is 6.38. The average molecular weight is 378 g/mol. The highest BCUT2D eigenvalue weighted by molar-refractivity contribution is 7.08. The van der Waals surface area contributed by atoms with Gasteiger partial charge in [-0.3, -0.25) is 20.4 Å². The van der Waals surface area contributed by atoms with Crippen molar-refractivity contribution in [3.8, 4) is 16.9 Å². The van der Waals surface area contributed by atoms with E-state index in [9.17, 15) is 9.59 Å². The maximum atomic E-state index is 11.9. The topological polar surface area (TPSA) is 67.4 Å². The van der Waals surface area contributed by atoms with Crippen LogP contribution in [0.3, 0.4) is 0 Å². The van der Waals surface area contributed by atoms with Gasteiger partial charge >= 0.3 is 0 Å². The second-order valence-electron chi connectivity index (χ2n) is 5.58. The number of amides is 2. The molecule has 0 aliphatic carbocycles. The van der Waals surface area contributed by atoms with Gasteiger partial charge in [0, 0.05) is 11.6 Å². The van der Waals surface area contributed by atoms with E-state index in [0.717, 1.165) is 16.7 Å². The van der Waals surface area contributed by atoms with Crippen molar-refractivity contribution in [3.05, 3.63) is 83.1 Å². The lowest BCUT2D eigenvalue weighted by Gasteiger charge is -2.11. The van der Waals surface area contributed by atoms with E-state index in [0.29, 0.717) is 5.75 Å². The molecule has 3 rings (SSSR count). The van der Waals surface area contributed by atoms with Gasteiger partial charge in [0.05, 0.1) is 0 Å². The predicted octanol–water partition coefficient (Wildman–Crippen LogP) is 3.65. The molecule has 2 aromatic carbocycles. The minimum Gasteiger partial charge on any atom is -0.483 e. The summed E-state index contributed by atoms with van der Waals surface area (Å²) in [5, 5.41) is 3.84. The summed E-state index contributed by atoms with van der Waals surface area (Å²) >= 11 is 1.54. The molecular formula is C21H18N2O3S. The van der Waals surface area contributed by atoms with E-state index in [4.69, 9.17) is 4.74 Å². The Labute approximate surface area is 161 Å². The fourth-order valence-electron chi connectivity index (χ4n) is 2.34. The quantitative estimate of drug-likeness (QED) is 0.508. The van der Waals surface area contributed by atoms with Crippen molar-refractivity contribution in [2.75, 3.05) is 6.61 Å². The van der Waals surface area contributed by atoms with Crippen LogP contribution >= 0.6 is 11.3 Å². The molecule has 6 heteroatoms. The summed E-state index contributed by atoms with van der Waals surface area (Å²) in [4.78, 5) is 23.6. The molecule has 2 N–H and O–H groups in total. The first-order valence-corrected chi connectivity index (χ1v) is 9.23. The predicted molar refractivity (Wildman–Crippen MR) is 107 cm³/mol. The third kappa shape index (κ3) is 5.55. The van der Waals surface area contributed by atoms with E-state index in [1.54, 1.807) is 23.5 Å². The molecule has 0 bridgehead atoms. The number of carbonyl (C=O) groups is 2. The van der Waals surface area contributed by atoms with Crippen molar-refractivity contribution < 1.29 is 14.3 Å². The SMILES string of the molecule is O=C(/C=C/c1ccsc1)NNC(=O)COc1ccccc1-c1ccccc1. The summed E-state index contributed by atoms with van der Waals surface area (Å²) in [5.74, 6) is -0.267. The van der Waals surface area contributed by atoms with Crippen molar-refractivity contribution in [2.24, 2.45) is 0 Å². The van der Waals surface area contributed by atoms with Crippen LogP contribution in [0.5, 0.6) is 5.75 Å². The first kappa shape index (κ1) is 18.4. The average Bonchev–Trinajstić information content (AvgIpc) is 3.24. The highest BCUT2D eigenvalue weighted by Crippen LogP contribution is 2.29. The Morgan fingerprint density at radius 2 is 1.74 bits per heavy atom. The highest BCUT2D eigenvalue weighted by Gasteiger charge is 2.08. The van der Waals surface area contributed by atoms with Crippen LogP contribution in [0.1, 0.15) is 5.56 Å². The van der Waals surface area contributed by atoms with Gasteiger partial charge in [0.2, 0.25) is 0 Å². The van der Waals surface area contributed by atoms with Crippen LogP contribution in [0.15, 0.2) is 77.5 Å². The standard InChI is InChI=1S/C21H18N2O3S/c24-20(11-10-16-12-13-27-15-16)22-23-21(25)14-26-19-9-5-4-8-18(19)17-6-2-1-3-7-17/h1-13,15H,14H2,(H,22,24)(H,23,25)/b11-10+. The molecule has 5 nitrogen and oxygen atoms in total. The van der Waals surface area contributed by atoms with Crippen molar-refractivity contribution >= 4 is 29.2 Å². The number of rotatable bonds is 6. The van der Waals surface area contributed by atoms with E-state index in [1.807, 2.05) is 65.4 Å². The zero-order chi connectivity index (χ0) is 18.9. The first-order valence-electron chi connectivity index (χ1n) is 8.29. The molecule has 0 radical (unpaired) electrons. The van der Waals surface area contributed by atoms with Gasteiger partial charge in [-0.1, -0.05) is 48.5 Å². The fourth-order valence-corrected chi connectivity index (χ4v) is 2.97. The Morgan fingerprint density at radius 3 is 2.52 bits per heavy atom. The Bertz CT molecular complexity index is 922. The summed E-state index contributed by atoms with van der Waals surface area (Å²) in [6.07, 6.45) is 3.03. The van der Waals surface area contributed by atoms with E-state index < -0.39 is 11.8 Å². The molecule has 0 aliphatic heterocycles. The van der Waals surface area contributed by atoms with E-state index in [1.165, 1.54) is 6.08 Å². The summed E-state index contributed by atoms with van der Waals surface area (Å²) in [6, 6.07) is 19.2. The van der Waals surface area contributed by atoms with Crippen LogP contribution in [-0.2, 0) is 9.59 Å². The Hall–Kier alpha value is -3.38. The van der Waals surface area contributed by atoms with Gasteiger partial charge in [-0.05, 0) is 40.1 Å². The summed E-state index contributed by atoms with van der Waals surface area (Å²) in [5.41, 5.74) is 7.49. The molecule has 0 atom stereocenters. The minimum absolute atomic E-state index is 0.210. The number of hydrazine groups is 1. The lowest BCUT2D eigenvalue weighted by molar-refractivity contribution is -0.128. The molecule has 0 spiro atoms. The number of para-hydroxylation sites is 1. The lowest BCUT2D eigenvalue weighted by Crippen LogP contribution is -2.43. The van der Waals surface area contributed by atoms with E-state index >= 15 is 0 Å².